The Morgan fingerprint density at radius 3 is 1.46 bits per heavy atom. The first-order valence-electron chi connectivity index (χ1n) is 15.3. The van der Waals surface area contributed by atoms with Crippen molar-refractivity contribution in [3.05, 3.63) is 157 Å². The molecule has 0 unspecified atom stereocenters. The zero-order valence-corrected chi connectivity index (χ0v) is 24.7. The smallest absolute Gasteiger partial charge is 0.135 e. The molecule has 0 aliphatic heterocycles. The molecule has 0 saturated carbocycles. The normalized spacial score (nSPS) is 11.5. The van der Waals surface area contributed by atoms with Gasteiger partial charge in [-0.15, -0.1) is 0 Å². The molecule has 9 rings (SSSR count). The fourth-order valence-electron chi connectivity index (χ4n) is 6.77. The maximum absolute atomic E-state index is 10.3. The van der Waals surface area contributed by atoms with Crippen LogP contribution in [0.25, 0.3) is 88.4 Å². The van der Waals surface area contributed by atoms with Gasteiger partial charge in [0.25, 0.3) is 0 Å². The largest absolute Gasteiger partial charge is 0.456 e. The van der Waals surface area contributed by atoms with Crippen molar-refractivity contribution in [2.24, 2.45) is 0 Å². The highest BCUT2D eigenvalue weighted by Crippen LogP contribution is 2.46. The van der Waals surface area contributed by atoms with Crippen LogP contribution >= 0.6 is 0 Å². The molecule has 0 N–H and O–H groups in total. The lowest BCUT2D eigenvalue weighted by molar-refractivity contribution is 0.668. The van der Waals surface area contributed by atoms with Crippen LogP contribution in [0.2, 0.25) is 0 Å². The number of nitrogens with zero attached hydrogens (tertiary/aromatic N) is 1. The fourth-order valence-corrected chi connectivity index (χ4v) is 6.77. The van der Waals surface area contributed by atoms with E-state index in [2.05, 4.69) is 97.1 Å². The van der Waals surface area contributed by atoms with Gasteiger partial charge in [-0.25, -0.2) is 0 Å². The summed E-state index contributed by atoms with van der Waals surface area (Å²) in [6.45, 7) is 0. The number of rotatable bonds is 4. The molecule has 0 spiro atoms. The van der Waals surface area contributed by atoms with E-state index < -0.39 is 0 Å². The summed E-state index contributed by atoms with van der Waals surface area (Å²) in [6, 6.07) is 54.5. The van der Waals surface area contributed by atoms with E-state index in [1.165, 1.54) is 0 Å². The van der Waals surface area contributed by atoms with Crippen LogP contribution in [0.4, 0.5) is 0 Å². The number of hydrogen-bond acceptors (Lipinski definition) is 3. The van der Waals surface area contributed by atoms with Crippen molar-refractivity contribution in [1.29, 1.82) is 5.26 Å². The van der Waals surface area contributed by atoms with Crippen molar-refractivity contribution >= 4 is 43.9 Å². The molecule has 0 amide bonds. The minimum atomic E-state index is 0.627. The standard InChI is InChI=1S/C43H25NO2/c44-26-30-12-4-5-13-32(30)43-35(28-18-20-41-37(22-28)33-14-6-8-16-39(33)45-41)24-31(27-10-2-1-3-11-27)25-36(43)29-19-21-42-38(23-29)34-15-7-9-17-40(34)46-42/h1-25H. The minimum absolute atomic E-state index is 0.627. The van der Waals surface area contributed by atoms with Crippen molar-refractivity contribution in [3.8, 4) is 50.6 Å². The van der Waals surface area contributed by atoms with Gasteiger partial charge in [-0.3, -0.25) is 0 Å². The van der Waals surface area contributed by atoms with Crippen LogP contribution in [0, 0.1) is 11.3 Å². The molecule has 214 valence electrons. The maximum atomic E-state index is 10.3. The third-order valence-corrected chi connectivity index (χ3v) is 8.94. The predicted octanol–water partition coefficient (Wildman–Crippen LogP) is 12.0. The van der Waals surface area contributed by atoms with Gasteiger partial charge in [0.2, 0.25) is 0 Å². The van der Waals surface area contributed by atoms with Crippen LogP contribution in [0.15, 0.2) is 160 Å². The van der Waals surface area contributed by atoms with Gasteiger partial charge >= 0.3 is 0 Å². The van der Waals surface area contributed by atoms with Crippen LogP contribution in [0.5, 0.6) is 0 Å². The van der Waals surface area contributed by atoms with Crippen molar-refractivity contribution in [2.75, 3.05) is 0 Å². The predicted molar refractivity (Wildman–Crippen MR) is 187 cm³/mol. The van der Waals surface area contributed by atoms with E-state index in [-0.39, 0.29) is 0 Å². The monoisotopic (exact) mass is 587 g/mol. The van der Waals surface area contributed by atoms with Crippen molar-refractivity contribution in [1.82, 2.24) is 0 Å². The molecule has 3 heteroatoms. The molecule has 0 bridgehead atoms. The Hall–Kier alpha value is -6.37. The second-order valence-corrected chi connectivity index (χ2v) is 11.6. The molecular formula is C43H25NO2. The van der Waals surface area contributed by atoms with Gasteiger partial charge < -0.3 is 8.83 Å². The van der Waals surface area contributed by atoms with Gasteiger partial charge in [-0.1, -0.05) is 97.1 Å². The van der Waals surface area contributed by atoms with E-state index >= 15 is 0 Å². The highest BCUT2D eigenvalue weighted by atomic mass is 16.3. The molecular weight excluding hydrogens is 562 g/mol. The first kappa shape index (κ1) is 26.1. The second-order valence-electron chi connectivity index (χ2n) is 11.6. The third-order valence-electron chi connectivity index (χ3n) is 8.94. The topological polar surface area (TPSA) is 50.1 Å². The van der Waals surface area contributed by atoms with Gasteiger partial charge in [0.1, 0.15) is 22.3 Å². The number of fused-ring (bicyclic) bond motifs is 6. The molecule has 0 aliphatic carbocycles. The van der Waals surface area contributed by atoms with Crippen LogP contribution in [0.3, 0.4) is 0 Å². The van der Waals surface area contributed by atoms with Crippen LogP contribution < -0.4 is 0 Å². The van der Waals surface area contributed by atoms with Gasteiger partial charge in [-0.2, -0.15) is 5.26 Å². The van der Waals surface area contributed by atoms with E-state index in [1.807, 2.05) is 60.7 Å². The Kier molecular flexibility index (Phi) is 5.88. The van der Waals surface area contributed by atoms with Crippen LogP contribution in [-0.4, -0.2) is 0 Å². The zero-order chi connectivity index (χ0) is 30.6. The van der Waals surface area contributed by atoms with Crippen LogP contribution in [-0.2, 0) is 0 Å². The molecule has 0 aliphatic rings. The molecule has 7 aromatic carbocycles. The maximum Gasteiger partial charge on any atom is 0.135 e. The Labute approximate surface area is 265 Å². The van der Waals surface area contributed by atoms with Crippen molar-refractivity contribution in [2.45, 2.75) is 0 Å². The Balaban J connectivity index is 1.41. The summed E-state index contributed by atoms with van der Waals surface area (Å²) >= 11 is 0. The third kappa shape index (κ3) is 4.13. The molecule has 2 aromatic heterocycles. The summed E-state index contributed by atoms with van der Waals surface area (Å²) in [5, 5.41) is 14.6. The summed E-state index contributed by atoms with van der Waals surface area (Å²) in [6.07, 6.45) is 0. The van der Waals surface area contributed by atoms with Gasteiger partial charge in [0, 0.05) is 27.1 Å². The lowest BCUT2D eigenvalue weighted by atomic mass is 9.83. The van der Waals surface area contributed by atoms with E-state index in [1.54, 1.807) is 0 Å². The summed E-state index contributed by atoms with van der Waals surface area (Å²) in [7, 11) is 0. The zero-order valence-electron chi connectivity index (χ0n) is 24.7. The van der Waals surface area contributed by atoms with E-state index in [0.29, 0.717) is 5.56 Å². The highest BCUT2D eigenvalue weighted by molar-refractivity contribution is 6.10. The SMILES string of the molecule is N#Cc1ccccc1-c1c(-c2ccc3oc4ccccc4c3c2)cc(-c2ccccc2)cc1-c1ccc2oc3ccccc3c2c1. The summed E-state index contributed by atoms with van der Waals surface area (Å²) in [5.74, 6) is 0. The summed E-state index contributed by atoms with van der Waals surface area (Å²) < 4.78 is 12.4. The lowest BCUT2D eigenvalue weighted by Crippen LogP contribution is -1.95. The average Bonchev–Trinajstić information content (AvgIpc) is 3.69. The van der Waals surface area contributed by atoms with Gasteiger partial charge in [-0.05, 0) is 93.5 Å². The van der Waals surface area contributed by atoms with E-state index in [4.69, 9.17) is 8.83 Å². The molecule has 0 fully saturated rings. The Morgan fingerprint density at radius 1 is 0.370 bits per heavy atom. The summed E-state index contributed by atoms with van der Waals surface area (Å²) in [5.41, 5.74) is 12.4. The first-order valence-corrected chi connectivity index (χ1v) is 15.3. The van der Waals surface area contributed by atoms with E-state index in [9.17, 15) is 5.26 Å². The molecule has 3 nitrogen and oxygen atoms in total. The van der Waals surface area contributed by atoms with Crippen LogP contribution in [0.1, 0.15) is 5.56 Å². The molecule has 0 atom stereocenters. The van der Waals surface area contributed by atoms with Gasteiger partial charge in [0.15, 0.2) is 0 Å². The minimum Gasteiger partial charge on any atom is -0.456 e. The molecule has 0 radical (unpaired) electrons. The average molecular weight is 588 g/mol. The lowest BCUT2D eigenvalue weighted by Gasteiger charge is -2.20. The number of hydrogen-bond donors (Lipinski definition) is 0. The number of nitriles is 1. The molecule has 0 saturated heterocycles. The Morgan fingerprint density at radius 2 is 0.870 bits per heavy atom. The second kappa shape index (κ2) is 10.4. The number of furan rings is 2. The van der Waals surface area contributed by atoms with Gasteiger partial charge in [0.05, 0.1) is 11.6 Å². The first-order chi connectivity index (χ1) is 22.7. The van der Waals surface area contributed by atoms with E-state index in [0.717, 1.165) is 88.4 Å². The highest BCUT2D eigenvalue weighted by Gasteiger charge is 2.21. The Bertz CT molecular complexity index is 2520. The van der Waals surface area contributed by atoms with Crippen molar-refractivity contribution in [3.63, 3.8) is 0 Å². The van der Waals surface area contributed by atoms with Crippen molar-refractivity contribution < 1.29 is 8.83 Å². The quantitative estimate of drug-likeness (QED) is 0.206. The number of para-hydroxylation sites is 2. The molecule has 2 heterocycles. The molecule has 46 heavy (non-hydrogen) atoms. The summed E-state index contributed by atoms with van der Waals surface area (Å²) in [4.78, 5) is 0. The number of benzene rings is 7. The fraction of sp³-hybridized carbons (Fsp3) is 0. The molecule has 9 aromatic rings.